The summed E-state index contributed by atoms with van der Waals surface area (Å²) in [6.07, 6.45) is 2.02. The van der Waals surface area contributed by atoms with Crippen LogP contribution in [0.1, 0.15) is 28.7 Å². The molecule has 3 aromatic carbocycles. The molecule has 0 aliphatic heterocycles. The van der Waals surface area contributed by atoms with Gasteiger partial charge >= 0.3 is 0 Å². The number of ether oxygens (including phenoxy) is 2. The van der Waals surface area contributed by atoms with Crippen LogP contribution in [0.5, 0.6) is 11.5 Å². The van der Waals surface area contributed by atoms with E-state index in [1.165, 1.54) is 33.4 Å². The van der Waals surface area contributed by atoms with E-state index >= 15 is 0 Å². The summed E-state index contributed by atoms with van der Waals surface area (Å²) in [6, 6.07) is 25.8. The van der Waals surface area contributed by atoms with E-state index in [4.69, 9.17) is 9.47 Å². The van der Waals surface area contributed by atoms with Crippen molar-refractivity contribution in [1.29, 1.82) is 0 Å². The number of nitrogens with zero attached hydrogens (tertiary/aromatic N) is 1. The third-order valence-electron chi connectivity index (χ3n) is 5.99. The molecule has 3 aromatic rings. The van der Waals surface area contributed by atoms with Crippen molar-refractivity contribution in [3.05, 3.63) is 95.1 Å². The molecule has 0 spiro atoms. The average Bonchev–Trinajstić information content (AvgIpc) is 2.84. The largest absolute Gasteiger partial charge is 0.492 e. The zero-order chi connectivity index (χ0) is 23.0. The number of nitrogens with one attached hydrogen (secondary N) is 1. The Morgan fingerprint density at radius 1 is 0.788 bits per heavy atom. The number of likely N-dealkylation sites (N-methyl/N-ethyl adjacent to an activating group) is 2. The summed E-state index contributed by atoms with van der Waals surface area (Å²) in [6.45, 7) is 3.09. The number of fused-ring (bicyclic) bond motifs is 1. The van der Waals surface area contributed by atoms with Gasteiger partial charge in [-0.25, -0.2) is 0 Å². The molecule has 4 heteroatoms. The minimum absolute atomic E-state index is 0.660. The van der Waals surface area contributed by atoms with Crippen molar-refractivity contribution < 1.29 is 9.47 Å². The van der Waals surface area contributed by atoms with Crippen molar-refractivity contribution in [2.45, 2.75) is 12.8 Å². The van der Waals surface area contributed by atoms with E-state index in [2.05, 4.69) is 97.1 Å². The Hall–Kier alpha value is -3.08. The van der Waals surface area contributed by atoms with Gasteiger partial charge in [-0.1, -0.05) is 48.5 Å². The maximum atomic E-state index is 6.02. The Balaban J connectivity index is 1.68. The smallest absolute Gasteiger partial charge is 0.119 e. The summed E-state index contributed by atoms with van der Waals surface area (Å²) in [4.78, 5) is 2.14. The van der Waals surface area contributed by atoms with Crippen LogP contribution in [0, 0.1) is 0 Å². The molecule has 0 atom stereocenters. The molecule has 1 aliphatic rings. The zero-order valence-corrected chi connectivity index (χ0v) is 19.9. The molecule has 0 radical (unpaired) electrons. The average molecular weight is 443 g/mol. The third kappa shape index (κ3) is 5.84. The molecule has 0 saturated carbocycles. The molecule has 172 valence electrons. The predicted octanol–water partition coefficient (Wildman–Crippen LogP) is 5.13. The van der Waals surface area contributed by atoms with Crippen LogP contribution in [-0.4, -0.2) is 52.3 Å². The molecule has 33 heavy (non-hydrogen) atoms. The first-order valence-corrected chi connectivity index (χ1v) is 11.7. The Morgan fingerprint density at radius 3 is 2.24 bits per heavy atom. The SMILES string of the molecule is CNCCOc1ccc(C2=C(c3ccccc3)CCc3cc(OCCN(C)C)ccc32)cc1. The van der Waals surface area contributed by atoms with Crippen LogP contribution >= 0.6 is 0 Å². The lowest BCUT2D eigenvalue weighted by Crippen LogP contribution is -2.19. The first-order chi connectivity index (χ1) is 16.2. The van der Waals surface area contributed by atoms with Crippen LogP contribution in [0.4, 0.5) is 0 Å². The fraction of sp³-hybridized carbons (Fsp3) is 0.310. The molecule has 1 aliphatic carbocycles. The van der Waals surface area contributed by atoms with Crippen molar-refractivity contribution >= 4 is 11.1 Å². The van der Waals surface area contributed by atoms with E-state index in [9.17, 15) is 0 Å². The molecule has 1 N–H and O–H groups in total. The Kier molecular flexibility index (Phi) is 7.82. The van der Waals surface area contributed by atoms with Gasteiger partial charge in [-0.3, -0.25) is 0 Å². The Labute approximate surface area is 197 Å². The minimum atomic E-state index is 0.660. The molecular formula is C29H34N2O2. The van der Waals surface area contributed by atoms with Crippen LogP contribution < -0.4 is 14.8 Å². The summed E-state index contributed by atoms with van der Waals surface area (Å²) in [5.41, 5.74) is 7.86. The lowest BCUT2D eigenvalue weighted by Gasteiger charge is -2.25. The van der Waals surface area contributed by atoms with Gasteiger partial charge in [-0.15, -0.1) is 0 Å². The van der Waals surface area contributed by atoms with E-state index < -0.39 is 0 Å². The Bertz CT molecular complexity index is 1070. The second-order valence-electron chi connectivity index (χ2n) is 8.67. The monoisotopic (exact) mass is 442 g/mol. The van der Waals surface area contributed by atoms with Gasteiger partial charge in [0.2, 0.25) is 0 Å². The second kappa shape index (κ2) is 11.2. The highest BCUT2D eigenvalue weighted by molar-refractivity contribution is 6.00. The normalized spacial score (nSPS) is 13.2. The molecule has 0 amide bonds. The molecule has 0 fully saturated rings. The number of rotatable bonds is 10. The van der Waals surface area contributed by atoms with Crippen LogP contribution in [-0.2, 0) is 6.42 Å². The lowest BCUT2D eigenvalue weighted by atomic mass is 9.79. The zero-order valence-electron chi connectivity index (χ0n) is 19.9. The molecule has 4 nitrogen and oxygen atoms in total. The van der Waals surface area contributed by atoms with Crippen LogP contribution in [0.3, 0.4) is 0 Å². The van der Waals surface area contributed by atoms with Gasteiger partial charge in [0.1, 0.15) is 24.7 Å². The van der Waals surface area contributed by atoms with Crippen molar-refractivity contribution in [2.24, 2.45) is 0 Å². The van der Waals surface area contributed by atoms with Gasteiger partial charge < -0.3 is 19.7 Å². The van der Waals surface area contributed by atoms with Crippen LogP contribution in [0.15, 0.2) is 72.8 Å². The van der Waals surface area contributed by atoms with Crippen LogP contribution in [0.25, 0.3) is 11.1 Å². The van der Waals surface area contributed by atoms with Crippen LogP contribution in [0.2, 0.25) is 0 Å². The summed E-state index contributed by atoms with van der Waals surface area (Å²) in [7, 11) is 6.06. The quantitative estimate of drug-likeness (QED) is 0.441. The van der Waals surface area contributed by atoms with E-state index in [1.807, 2.05) is 7.05 Å². The predicted molar refractivity (Wildman–Crippen MR) is 137 cm³/mol. The first kappa shape index (κ1) is 23.1. The molecule has 0 aromatic heterocycles. The van der Waals surface area contributed by atoms with E-state index in [0.29, 0.717) is 13.2 Å². The van der Waals surface area contributed by atoms with Crippen molar-refractivity contribution in [3.8, 4) is 11.5 Å². The van der Waals surface area contributed by atoms with Crippen molar-refractivity contribution in [2.75, 3.05) is 47.4 Å². The first-order valence-electron chi connectivity index (χ1n) is 11.7. The highest BCUT2D eigenvalue weighted by Gasteiger charge is 2.22. The summed E-state index contributed by atoms with van der Waals surface area (Å²) in [5, 5.41) is 3.11. The highest BCUT2D eigenvalue weighted by atomic mass is 16.5. The summed E-state index contributed by atoms with van der Waals surface area (Å²) < 4.78 is 11.9. The summed E-state index contributed by atoms with van der Waals surface area (Å²) in [5.74, 6) is 1.85. The molecule has 0 saturated heterocycles. The van der Waals surface area contributed by atoms with Crippen molar-refractivity contribution in [1.82, 2.24) is 10.2 Å². The van der Waals surface area contributed by atoms with Gasteiger partial charge in [-0.05, 0) is 91.7 Å². The van der Waals surface area contributed by atoms with Gasteiger partial charge in [0, 0.05) is 13.1 Å². The fourth-order valence-electron chi connectivity index (χ4n) is 4.25. The van der Waals surface area contributed by atoms with E-state index in [-0.39, 0.29) is 0 Å². The third-order valence-corrected chi connectivity index (χ3v) is 5.99. The molecular weight excluding hydrogens is 408 g/mol. The Morgan fingerprint density at radius 2 is 1.52 bits per heavy atom. The maximum absolute atomic E-state index is 6.02. The van der Waals surface area contributed by atoms with Gasteiger partial charge in [0.25, 0.3) is 0 Å². The van der Waals surface area contributed by atoms with Gasteiger partial charge in [0.15, 0.2) is 0 Å². The number of allylic oxidation sites excluding steroid dienone is 1. The molecule has 4 rings (SSSR count). The lowest BCUT2D eigenvalue weighted by molar-refractivity contribution is 0.261. The molecule has 0 unspecified atom stereocenters. The summed E-state index contributed by atoms with van der Waals surface area (Å²) >= 11 is 0. The minimum Gasteiger partial charge on any atom is -0.492 e. The number of aryl methyl sites for hydroxylation is 1. The number of benzene rings is 3. The maximum Gasteiger partial charge on any atom is 0.119 e. The van der Waals surface area contributed by atoms with Gasteiger partial charge in [-0.2, -0.15) is 0 Å². The van der Waals surface area contributed by atoms with Crippen molar-refractivity contribution in [3.63, 3.8) is 0 Å². The standard InChI is InChI=1S/C29H34N2O2/c1-30-17-19-32-25-12-9-23(10-13-25)29-27(22-7-5-4-6-8-22)15-11-24-21-26(14-16-28(24)29)33-20-18-31(2)3/h4-10,12-14,16,21,30H,11,15,17-20H2,1-3H3. The molecule has 0 bridgehead atoms. The second-order valence-corrected chi connectivity index (χ2v) is 8.67. The van der Waals surface area contributed by atoms with E-state index in [0.717, 1.165) is 37.4 Å². The van der Waals surface area contributed by atoms with Gasteiger partial charge in [0.05, 0.1) is 0 Å². The number of hydrogen-bond donors (Lipinski definition) is 1. The number of hydrogen-bond acceptors (Lipinski definition) is 4. The molecule has 0 heterocycles. The fourth-order valence-corrected chi connectivity index (χ4v) is 4.25. The highest BCUT2D eigenvalue weighted by Crippen LogP contribution is 2.42. The van der Waals surface area contributed by atoms with E-state index in [1.54, 1.807) is 0 Å². The topological polar surface area (TPSA) is 33.7 Å².